The van der Waals surface area contributed by atoms with Crippen molar-refractivity contribution in [2.45, 2.75) is 25.7 Å². The smallest absolute Gasteiger partial charge is 0.164 e. The third-order valence-corrected chi connectivity index (χ3v) is 3.81. The number of fused-ring (bicyclic) bond motifs is 1. The highest BCUT2D eigenvalue weighted by atomic mass is 16.5. The third-order valence-electron chi connectivity index (χ3n) is 3.81. The molecule has 4 heteroatoms. The van der Waals surface area contributed by atoms with Crippen molar-refractivity contribution in [2.75, 3.05) is 27.9 Å². The summed E-state index contributed by atoms with van der Waals surface area (Å²) in [4.78, 5) is 0. The first-order valence-electron chi connectivity index (χ1n) is 6.92. The molecule has 1 aromatic carbocycles. The predicted octanol–water partition coefficient (Wildman–Crippen LogP) is 2.44. The van der Waals surface area contributed by atoms with Crippen LogP contribution in [0, 0.1) is 0 Å². The molecule has 0 amide bonds. The van der Waals surface area contributed by atoms with Gasteiger partial charge in [0.05, 0.1) is 27.1 Å². The van der Waals surface area contributed by atoms with Gasteiger partial charge in [-0.05, 0) is 36.6 Å². The number of nitrogens with two attached hydrogens (primary N) is 1. The maximum Gasteiger partial charge on any atom is 0.164 e. The molecule has 0 heterocycles. The van der Waals surface area contributed by atoms with Crippen LogP contribution in [0.2, 0.25) is 0 Å². The van der Waals surface area contributed by atoms with Gasteiger partial charge in [0.25, 0.3) is 0 Å². The Balaban J connectivity index is 2.37. The van der Waals surface area contributed by atoms with Crippen LogP contribution in [0.25, 0.3) is 0 Å². The topological polar surface area (TPSA) is 53.7 Å². The molecule has 0 bridgehead atoms. The third kappa shape index (κ3) is 2.75. The minimum absolute atomic E-state index is 0.697. The van der Waals surface area contributed by atoms with Gasteiger partial charge in [-0.15, -0.1) is 0 Å². The Morgan fingerprint density at radius 1 is 1.05 bits per heavy atom. The summed E-state index contributed by atoms with van der Waals surface area (Å²) in [5.41, 5.74) is 9.39. The van der Waals surface area contributed by atoms with Crippen LogP contribution in [0.4, 0.5) is 0 Å². The first kappa shape index (κ1) is 14.7. The molecule has 0 aromatic heterocycles. The van der Waals surface area contributed by atoms with Crippen molar-refractivity contribution >= 4 is 0 Å². The molecule has 110 valence electrons. The van der Waals surface area contributed by atoms with Gasteiger partial charge in [0.15, 0.2) is 11.5 Å². The van der Waals surface area contributed by atoms with E-state index < -0.39 is 0 Å². The van der Waals surface area contributed by atoms with Gasteiger partial charge in [-0.1, -0.05) is 6.07 Å². The highest BCUT2D eigenvalue weighted by Gasteiger charge is 2.23. The zero-order valence-electron chi connectivity index (χ0n) is 12.5. The Morgan fingerprint density at radius 2 is 1.85 bits per heavy atom. The first-order chi connectivity index (χ1) is 9.74. The van der Waals surface area contributed by atoms with Gasteiger partial charge in [0.2, 0.25) is 0 Å². The van der Waals surface area contributed by atoms with E-state index in [9.17, 15) is 0 Å². The normalized spacial score (nSPS) is 14.0. The molecule has 0 saturated carbocycles. The Morgan fingerprint density at radius 3 is 2.45 bits per heavy atom. The van der Waals surface area contributed by atoms with Crippen molar-refractivity contribution in [3.8, 4) is 11.5 Å². The molecule has 0 atom stereocenters. The summed E-state index contributed by atoms with van der Waals surface area (Å²) >= 11 is 0. The fraction of sp³-hybridized carbons (Fsp3) is 0.500. The van der Waals surface area contributed by atoms with Gasteiger partial charge < -0.3 is 19.9 Å². The Hall–Kier alpha value is -1.68. The van der Waals surface area contributed by atoms with E-state index in [0.29, 0.717) is 6.54 Å². The Bertz CT molecular complexity index is 509. The number of hydrogen-bond acceptors (Lipinski definition) is 4. The highest BCUT2D eigenvalue weighted by molar-refractivity contribution is 5.55. The van der Waals surface area contributed by atoms with E-state index in [0.717, 1.165) is 42.9 Å². The standard InChI is InChI=1S/C16H23NO3/c1-18-14-7-6-11-10-15(19-2)12(5-4-8-17)9-13(11)16(14)20-3/h6-7H,4-5,8-10,17H2,1-3H3. The average Bonchev–Trinajstić information content (AvgIpc) is 2.50. The molecular formula is C16H23NO3. The second kappa shape index (κ2) is 6.66. The van der Waals surface area contributed by atoms with Crippen LogP contribution in [-0.2, 0) is 17.6 Å². The maximum atomic E-state index is 5.62. The second-order valence-corrected chi connectivity index (χ2v) is 4.92. The zero-order valence-corrected chi connectivity index (χ0v) is 12.5. The second-order valence-electron chi connectivity index (χ2n) is 4.92. The number of benzene rings is 1. The summed E-state index contributed by atoms with van der Waals surface area (Å²) < 4.78 is 16.5. The summed E-state index contributed by atoms with van der Waals surface area (Å²) in [6.45, 7) is 0.697. The molecule has 2 N–H and O–H groups in total. The van der Waals surface area contributed by atoms with Crippen LogP contribution in [0.1, 0.15) is 24.0 Å². The van der Waals surface area contributed by atoms with E-state index >= 15 is 0 Å². The van der Waals surface area contributed by atoms with Crippen LogP contribution < -0.4 is 15.2 Å². The predicted molar refractivity (Wildman–Crippen MR) is 79.3 cm³/mol. The zero-order chi connectivity index (χ0) is 14.5. The minimum atomic E-state index is 0.697. The SMILES string of the molecule is COC1=C(CCCN)Cc2c(ccc(OC)c2OC)C1. The number of rotatable bonds is 6. The molecule has 1 aromatic rings. The molecular weight excluding hydrogens is 254 g/mol. The monoisotopic (exact) mass is 277 g/mol. The van der Waals surface area contributed by atoms with Crippen molar-refractivity contribution in [1.29, 1.82) is 0 Å². The molecule has 2 rings (SSSR count). The highest BCUT2D eigenvalue weighted by Crippen LogP contribution is 2.39. The van der Waals surface area contributed by atoms with Crippen LogP contribution in [-0.4, -0.2) is 27.9 Å². The van der Waals surface area contributed by atoms with Crippen molar-refractivity contribution in [2.24, 2.45) is 5.73 Å². The lowest BCUT2D eigenvalue weighted by Crippen LogP contribution is -2.13. The van der Waals surface area contributed by atoms with E-state index in [-0.39, 0.29) is 0 Å². The van der Waals surface area contributed by atoms with Gasteiger partial charge in [0.1, 0.15) is 0 Å². The van der Waals surface area contributed by atoms with Gasteiger partial charge in [-0.3, -0.25) is 0 Å². The fourth-order valence-corrected chi connectivity index (χ4v) is 2.76. The Kier molecular flexibility index (Phi) is 4.90. The Labute approximate surface area is 120 Å². The molecule has 20 heavy (non-hydrogen) atoms. The van der Waals surface area contributed by atoms with Gasteiger partial charge in [0, 0.05) is 18.4 Å². The quantitative estimate of drug-likeness (QED) is 0.867. The molecule has 4 nitrogen and oxygen atoms in total. The van der Waals surface area contributed by atoms with Crippen LogP contribution in [0.5, 0.6) is 11.5 Å². The summed E-state index contributed by atoms with van der Waals surface area (Å²) in [7, 11) is 5.09. The van der Waals surface area contributed by atoms with Gasteiger partial charge in [-0.2, -0.15) is 0 Å². The van der Waals surface area contributed by atoms with Crippen molar-refractivity contribution in [1.82, 2.24) is 0 Å². The van der Waals surface area contributed by atoms with Crippen molar-refractivity contribution in [3.05, 3.63) is 34.6 Å². The lowest BCUT2D eigenvalue weighted by Gasteiger charge is -2.25. The molecule has 0 unspecified atom stereocenters. The van der Waals surface area contributed by atoms with E-state index in [1.165, 1.54) is 16.7 Å². The number of hydrogen-bond donors (Lipinski definition) is 1. The summed E-state index contributed by atoms with van der Waals surface area (Å²) in [6.07, 6.45) is 3.61. The average molecular weight is 277 g/mol. The van der Waals surface area contributed by atoms with Gasteiger partial charge in [-0.25, -0.2) is 0 Å². The molecule has 0 spiro atoms. The van der Waals surface area contributed by atoms with Crippen LogP contribution in [0.15, 0.2) is 23.5 Å². The molecule has 0 saturated heterocycles. The summed E-state index contributed by atoms with van der Waals surface area (Å²) in [6, 6.07) is 4.05. The first-order valence-corrected chi connectivity index (χ1v) is 6.92. The summed E-state index contributed by atoms with van der Waals surface area (Å²) in [5, 5.41) is 0. The van der Waals surface area contributed by atoms with Crippen molar-refractivity contribution in [3.63, 3.8) is 0 Å². The number of methoxy groups -OCH3 is 3. The molecule has 1 aliphatic rings. The molecule has 1 aliphatic carbocycles. The lowest BCUT2D eigenvalue weighted by molar-refractivity contribution is 0.272. The van der Waals surface area contributed by atoms with Crippen molar-refractivity contribution < 1.29 is 14.2 Å². The van der Waals surface area contributed by atoms with E-state index in [1.54, 1.807) is 21.3 Å². The molecule has 0 fully saturated rings. The minimum Gasteiger partial charge on any atom is -0.501 e. The molecule has 0 radical (unpaired) electrons. The largest absolute Gasteiger partial charge is 0.501 e. The van der Waals surface area contributed by atoms with E-state index in [2.05, 4.69) is 6.07 Å². The fourth-order valence-electron chi connectivity index (χ4n) is 2.76. The van der Waals surface area contributed by atoms with Gasteiger partial charge >= 0.3 is 0 Å². The molecule has 0 aliphatic heterocycles. The number of ether oxygens (including phenoxy) is 3. The summed E-state index contributed by atoms with van der Waals surface area (Å²) in [5.74, 6) is 2.69. The van der Waals surface area contributed by atoms with Crippen LogP contribution >= 0.6 is 0 Å². The number of allylic oxidation sites excluding steroid dienone is 2. The maximum absolute atomic E-state index is 5.62. The van der Waals surface area contributed by atoms with E-state index in [4.69, 9.17) is 19.9 Å². The van der Waals surface area contributed by atoms with Crippen LogP contribution in [0.3, 0.4) is 0 Å². The van der Waals surface area contributed by atoms with E-state index in [1.807, 2.05) is 6.07 Å². The lowest BCUT2D eigenvalue weighted by atomic mass is 9.87.